The highest BCUT2D eigenvalue weighted by molar-refractivity contribution is 5.76. The standard InChI is InChI=1S/C18H28N4O3/c1-25-8-7-22-18(24)10-16(12-20-22)21-6-2-3-15(13-21)9-17(23)19-11-14-4-5-14/h10,12,14-15H,2-9,11,13H2,1H3,(H,19,23). The number of hydrogen-bond acceptors (Lipinski definition) is 5. The first-order valence-electron chi connectivity index (χ1n) is 9.23. The van der Waals surface area contributed by atoms with Gasteiger partial charge in [0, 0.05) is 39.2 Å². The monoisotopic (exact) mass is 348 g/mol. The third-order valence-corrected chi connectivity index (χ3v) is 5.01. The lowest BCUT2D eigenvalue weighted by molar-refractivity contribution is -0.122. The lowest BCUT2D eigenvalue weighted by atomic mass is 9.94. The van der Waals surface area contributed by atoms with E-state index in [1.54, 1.807) is 19.4 Å². The van der Waals surface area contributed by atoms with Crippen molar-refractivity contribution in [3.8, 4) is 0 Å². The molecular formula is C18H28N4O3. The molecule has 2 fully saturated rings. The van der Waals surface area contributed by atoms with Crippen LogP contribution in [0.25, 0.3) is 0 Å². The fraction of sp³-hybridized carbons (Fsp3) is 0.722. The Morgan fingerprint density at radius 3 is 2.92 bits per heavy atom. The number of methoxy groups -OCH3 is 1. The SMILES string of the molecule is COCCn1ncc(N2CCCC(CC(=O)NCC3CC3)C2)cc1=O. The molecule has 1 amide bonds. The molecule has 7 nitrogen and oxygen atoms in total. The highest BCUT2D eigenvalue weighted by Gasteiger charge is 2.25. The summed E-state index contributed by atoms with van der Waals surface area (Å²) in [5.41, 5.74) is 0.737. The molecule has 3 rings (SSSR count). The summed E-state index contributed by atoms with van der Waals surface area (Å²) in [7, 11) is 1.61. The fourth-order valence-electron chi connectivity index (χ4n) is 3.32. The number of rotatable bonds is 8. The molecule has 1 aromatic heterocycles. The van der Waals surface area contributed by atoms with Crippen molar-refractivity contribution < 1.29 is 9.53 Å². The zero-order chi connectivity index (χ0) is 17.6. The summed E-state index contributed by atoms with van der Waals surface area (Å²) in [6.07, 6.45) is 6.91. The summed E-state index contributed by atoms with van der Waals surface area (Å²) < 4.78 is 6.41. The van der Waals surface area contributed by atoms with Crippen LogP contribution in [0.4, 0.5) is 5.69 Å². The van der Waals surface area contributed by atoms with Gasteiger partial charge in [-0.1, -0.05) is 0 Å². The number of nitrogens with zero attached hydrogens (tertiary/aromatic N) is 3. The first-order valence-corrected chi connectivity index (χ1v) is 9.23. The van der Waals surface area contributed by atoms with E-state index in [0.717, 1.165) is 38.2 Å². The number of aromatic nitrogens is 2. The van der Waals surface area contributed by atoms with Crippen LogP contribution in [0.1, 0.15) is 32.1 Å². The molecule has 25 heavy (non-hydrogen) atoms. The molecule has 1 aliphatic heterocycles. The molecular weight excluding hydrogens is 320 g/mol. The predicted octanol–water partition coefficient (Wildman–Crippen LogP) is 1.02. The van der Waals surface area contributed by atoms with Crippen molar-refractivity contribution >= 4 is 11.6 Å². The van der Waals surface area contributed by atoms with E-state index >= 15 is 0 Å². The van der Waals surface area contributed by atoms with Crippen LogP contribution in [-0.2, 0) is 16.1 Å². The van der Waals surface area contributed by atoms with Gasteiger partial charge in [-0.25, -0.2) is 4.68 Å². The molecule has 1 aliphatic carbocycles. The number of ether oxygens (including phenoxy) is 1. The quantitative estimate of drug-likeness (QED) is 0.759. The van der Waals surface area contributed by atoms with Crippen molar-refractivity contribution in [1.29, 1.82) is 0 Å². The average Bonchev–Trinajstić information content (AvgIpc) is 3.43. The van der Waals surface area contributed by atoms with Crippen LogP contribution in [0.3, 0.4) is 0 Å². The smallest absolute Gasteiger partial charge is 0.268 e. The molecule has 1 atom stereocenters. The van der Waals surface area contributed by atoms with Gasteiger partial charge in [-0.05, 0) is 37.5 Å². The van der Waals surface area contributed by atoms with E-state index in [0.29, 0.717) is 31.4 Å². The normalized spacial score (nSPS) is 20.5. The summed E-state index contributed by atoms with van der Waals surface area (Å²) in [5, 5.41) is 7.28. The topological polar surface area (TPSA) is 76.5 Å². The van der Waals surface area contributed by atoms with Gasteiger partial charge in [-0.2, -0.15) is 5.10 Å². The predicted molar refractivity (Wildman–Crippen MR) is 95.7 cm³/mol. The first kappa shape index (κ1) is 17.9. The Balaban J connectivity index is 1.54. The summed E-state index contributed by atoms with van der Waals surface area (Å²) >= 11 is 0. The van der Waals surface area contributed by atoms with Crippen molar-refractivity contribution in [1.82, 2.24) is 15.1 Å². The van der Waals surface area contributed by atoms with E-state index in [1.807, 2.05) is 0 Å². The van der Waals surface area contributed by atoms with Crippen molar-refractivity contribution in [2.75, 3.05) is 38.3 Å². The molecule has 1 aromatic rings. The van der Waals surface area contributed by atoms with Crippen LogP contribution in [0.5, 0.6) is 0 Å². The average molecular weight is 348 g/mol. The summed E-state index contributed by atoms with van der Waals surface area (Å²) in [6, 6.07) is 1.64. The molecule has 0 bridgehead atoms. The van der Waals surface area contributed by atoms with E-state index in [-0.39, 0.29) is 11.5 Å². The maximum atomic E-state index is 12.2. The highest BCUT2D eigenvalue weighted by Crippen LogP contribution is 2.28. The number of hydrogen-bond donors (Lipinski definition) is 1. The van der Waals surface area contributed by atoms with Crippen LogP contribution >= 0.6 is 0 Å². The van der Waals surface area contributed by atoms with Crippen LogP contribution in [0.15, 0.2) is 17.1 Å². The first-order chi connectivity index (χ1) is 12.2. The minimum atomic E-state index is -0.112. The maximum Gasteiger partial charge on any atom is 0.268 e. The zero-order valence-corrected chi connectivity index (χ0v) is 14.9. The molecule has 0 spiro atoms. The Labute approximate surface area is 148 Å². The number of carbonyl (C=O) groups excluding carboxylic acids is 1. The van der Waals surface area contributed by atoms with Crippen molar-refractivity contribution in [2.45, 2.75) is 38.6 Å². The summed E-state index contributed by atoms with van der Waals surface area (Å²) in [6.45, 7) is 3.47. The second kappa shape index (κ2) is 8.47. The van der Waals surface area contributed by atoms with Crippen LogP contribution in [-0.4, -0.2) is 49.0 Å². The van der Waals surface area contributed by atoms with Crippen LogP contribution in [0.2, 0.25) is 0 Å². The van der Waals surface area contributed by atoms with E-state index in [1.165, 1.54) is 17.5 Å². The van der Waals surface area contributed by atoms with E-state index < -0.39 is 0 Å². The van der Waals surface area contributed by atoms with Crippen molar-refractivity contribution in [3.63, 3.8) is 0 Å². The molecule has 1 N–H and O–H groups in total. The molecule has 0 radical (unpaired) electrons. The van der Waals surface area contributed by atoms with Gasteiger partial charge in [0.2, 0.25) is 5.91 Å². The third-order valence-electron chi connectivity index (χ3n) is 5.01. The van der Waals surface area contributed by atoms with Gasteiger partial charge in [0.1, 0.15) is 0 Å². The number of amides is 1. The van der Waals surface area contributed by atoms with Crippen molar-refractivity contribution in [3.05, 3.63) is 22.6 Å². The Morgan fingerprint density at radius 2 is 2.20 bits per heavy atom. The largest absolute Gasteiger partial charge is 0.383 e. The lowest BCUT2D eigenvalue weighted by Gasteiger charge is -2.34. The second-order valence-corrected chi connectivity index (χ2v) is 7.17. The highest BCUT2D eigenvalue weighted by atomic mass is 16.5. The second-order valence-electron chi connectivity index (χ2n) is 7.17. The molecule has 7 heteroatoms. The molecule has 1 unspecified atom stereocenters. The Hall–Kier alpha value is -1.89. The number of piperidine rings is 1. The van der Waals surface area contributed by atoms with Gasteiger partial charge in [0.15, 0.2) is 0 Å². The van der Waals surface area contributed by atoms with E-state index in [4.69, 9.17) is 4.74 Å². The molecule has 1 saturated carbocycles. The van der Waals surface area contributed by atoms with Gasteiger partial charge in [-0.15, -0.1) is 0 Å². The van der Waals surface area contributed by atoms with E-state index in [2.05, 4.69) is 15.3 Å². The van der Waals surface area contributed by atoms with Crippen molar-refractivity contribution in [2.24, 2.45) is 11.8 Å². The molecule has 2 heterocycles. The summed E-state index contributed by atoms with van der Waals surface area (Å²) in [4.78, 5) is 26.4. The third kappa shape index (κ3) is 5.29. The number of anilines is 1. The fourth-order valence-corrected chi connectivity index (χ4v) is 3.32. The van der Waals surface area contributed by atoms with Gasteiger partial charge in [0.25, 0.3) is 5.56 Å². The Morgan fingerprint density at radius 1 is 1.36 bits per heavy atom. The number of carbonyl (C=O) groups is 1. The molecule has 1 saturated heterocycles. The summed E-state index contributed by atoms with van der Waals surface area (Å²) in [5.74, 6) is 1.21. The Bertz CT molecular complexity index is 641. The van der Waals surface area contributed by atoms with Gasteiger partial charge in [-0.3, -0.25) is 9.59 Å². The maximum absolute atomic E-state index is 12.2. The van der Waals surface area contributed by atoms with E-state index in [9.17, 15) is 9.59 Å². The van der Waals surface area contributed by atoms with Gasteiger partial charge in [0.05, 0.1) is 25.0 Å². The van der Waals surface area contributed by atoms with Gasteiger partial charge >= 0.3 is 0 Å². The Kier molecular flexibility index (Phi) is 6.07. The molecule has 0 aromatic carbocycles. The minimum absolute atomic E-state index is 0.112. The molecule has 138 valence electrons. The van der Waals surface area contributed by atoms with Gasteiger partial charge < -0.3 is 15.0 Å². The zero-order valence-electron chi connectivity index (χ0n) is 14.9. The lowest BCUT2D eigenvalue weighted by Crippen LogP contribution is -2.39. The minimum Gasteiger partial charge on any atom is -0.383 e. The van der Waals surface area contributed by atoms with Crippen LogP contribution in [0, 0.1) is 11.8 Å². The van der Waals surface area contributed by atoms with Crippen LogP contribution < -0.4 is 15.8 Å². The molecule has 2 aliphatic rings. The number of nitrogens with one attached hydrogen (secondary N) is 1.